The summed E-state index contributed by atoms with van der Waals surface area (Å²) in [5.74, 6) is 0.638. The fourth-order valence-corrected chi connectivity index (χ4v) is 5.94. The van der Waals surface area contributed by atoms with Gasteiger partial charge in [-0.1, -0.05) is 12.5 Å². The van der Waals surface area contributed by atoms with E-state index in [-0.39, 0.29) is 17.2 Å². The summed E-state index contributed by atoms with van der Waals surface area (Å²) < 4.78 is 0. The smallest absolute Gasteiger partial charge is 0.272 e. The minimum atomic E-state index is 0.0398. The van der Waals surface area contributed by atoms with E-state index in [1.165, 1.54) is 19.3 Å². The lowest BCUT2D eigenvalue weighted by Crippen LogP contribution is -2.53. The lowest BCUT2D eigenvalue weighted by Gasteiger charge is -2.52. The summed E-state index contributed by atoms with van der Waals surface area (Å²) >= 11 is 0. The highest BCUT2D eigenvalue weighted by Gasteiger charge is 2.50. The van der Waals surface area contributed by atoms with E-state index in [0.29, 0.717) is 11.6 Å². The first-order valence-corrected chi connectivity index (χ1v) is 11.9. The summed E-state index contributed by atoms with van der Waals surface area (Å²) in [6.07, 6.45) is 10.9. The molecule has 2 aliphatic heterocycles. The molecule has 4 aliphatic rings. The van der Waals surface area contributed by atoms with Gasteiger partial charge in [-0.15, -0.1) is 0 Å². The molecule has 1 spiro atoms. The second kappa shape index (κ2) is 8.29. The Morgan fingerprint density at radius 3 is 2.37 bits per heavy atom. The second-order valence-corrected chi connectivity index (χ2v) is 9.91. The Balaban J connectivity index is 1.09. The molecule has 6 heteroatoms. The molecule has 0 unspecified atom stereocenters. The van der Waals surface area contributed by atoms with Crippen LogP contribution in [0.5, 0.6) is 0 Å². The number of carbonyl (C=O) groups is 2. The average Bonchev–Trinajstić information content (AvgIpc) is 2.97. The molecule has 2 saturated heterocycles. The van der Waals surface area contributed by atoms with Gasteiger partial charge in [0.2, 0.25) is 5.91 Å². The normalized spacial score (nSPS) is 25.5. The number of hydrogen-bond donors (Lipinski definition) is 0. The number of carbonyl (C=O) groups excluding carboxylic acids is 2. The molecule has 0 bridgehead atoms. The molecular weight excluding hydrogens is 376 g/mol. The number of piperidine rings is 1. The Hall–Kier alpha value is -1.95. The van der Waals surface area contributed by atoms with Gasteiger partial charge in [-0.25, -0.2) is 0 Å². The molecule has 1 aromatic heterocycles. The SMILES string of the molecule is O=C(c1ccccn1)N1CCC2(CC1)CC(C(=O)N1CCCN(C3CCC3)CC1)C2. The van der Waals surface area contributed by atoms with Crippen molar-refractivity contribution in [3.05, 3.63) is 30.1 Å². The molecule has 0 radical (unpaired) electrons. The minimum Gasteiger partial charge on any atom is -0.341 e. The summed E-state index contributed by atoms with van der Waals surface area (Å²) in [6, 6.07) is 6.27. The molecule has 6 nitrogen and oxygen atoms in total. The van der Waals surface area contributed by atoms with Crippen molar-refractivity contribution in [2.75, 3.05) is 39.3 Å². The quantitative estimate of drug-likeness (QED) is 0.769. The van der Waals surface area contributed by atoms with Crippen LogP contribution in [0, 0.1) is 11.3 Å². The number of likely N-dealkylation sites (tertiary alicyclic amines) is 1. The molecule has 4 fully saturated rings. The molecule has 2 aliphatic carbocycles. The number of amides is 2. The van der Waals surface area contributed by atoms with Crippen LogP contribution in [0.2, 0.25) is 0 Å². The van der Waals surface area contributed by atoms with Crippen molar-refractivity contribution in [1.29, 1.82) is 0 Å². The summed E-state index contributed by atoms with van der Waals surface area (Å²) in [7, 11) is 0. The van der Waals surface area contributed by atoms with Gasteiger partial charge in [0.15, 0.2) is 0 Å². The van der Waals surface area contributed by atoms with Gasteiger partial charge in [0, 0.05) is 57.4 Å². The lowest BCUT2D eigenvalue weighted by atomic mass is 9.57. The van der Waals surface area contributed by atoms with Gasteiger partial charge in [-0.2, -0.15) is 0 Å². The van der Waals surface area contributed by atoms with Gasteiger partial charge in [0.05, 0.1) is 0 Å². The monoisotopic (exact) mass is 410 g/mol. The van der Waals surface area contributed by atoms with Crippen LogP contribution in [0.25, 0.3) is 0 Å². The van der Waals surface area contributed by atoms with Crippen LogP contribution in [0.15, 0.2) is 24.4 Å². The molecule has 30 heavy (non-hydrogen) atoms. The Morgan fingerprint density at radius 2 is 1.70 bits per heavy atom. The van der Waals surface area contributed by atoms with Gasteiger partial charge in [-0.3, -0.25) is 19.5 Å². The molecule has 0 atom stereocenters. The van der Waals surface area contributed by atoms with Crippen molar-refractivity contribution >= 4 is 11.8 Å². The molecule has 2 saturated carbocycles. The highest BCUT2D eigenvalue weighted by molar-refractivity contribution is 5.92. The molecule has 1 aromatic rings. The number of hydrogen-bond acceptors (Lipinski definition) is 4. The van der Waals surface area contributed by atoms with Crippen LogP contribution >= 0.6 is 0 Å². The van der Waals surface area contributed by atoms with E-state index in [1.807, 2.05) is 17.0 Å². The Labute approximate surface area is 179 Å². The first-order valence-electron chi connectivity index (χ1n) is 11.9. The van der Waals surface area contributed by atoms with Crippen molar-refractivity contribution < 1.29 is 9.59 Å². The average molecular weight is 411 g/mol. The van der Waals surface area contributed by atoms with Crippen LogP contribution in [-0.4, -0.2) is 76.8 Å². The molecule has 2 amide bonds. The maximum Gasteiger partial charge on any atom is 0.272 e. The van der Waals surface area contributed by atoms with Crippen LogP contribution < -0.4 is 0 Å². The highest BCUT2D eigenvalue weighted by Crippen LogP contribution is 2.53. The van der Waals surface area contributed by atoms with Crippen molar-refractivity contribution in [1.82, 2.24) is 19.7 Å². The molecule has 162 valence electrons. The van der Waals surface area contributed by atoms with Gasteiger partial charge in [0.1, 0.15) is 5.69 Å². The van der Waals surface area contributed by atoms with Gasteiger partial charge >= 0.3 is 0 Å². The van der Waals surface area contributed by atoms with Crippen molar-refractivity contribution in [2.24, 2.45) is 11.3 Å². The number of aromatic nitrogens is 1. The topological polar surface area (TPSA) is 56.8 Å². The maximum atomic E-state index is 13.1. The van der Waals surface area contributed by atoms with Gasteiger partial charge in [0.25, 0.3) is 5.91 Å². The maximum absolute atomic E-state index is 13.1. The van der Waals surface area contributed by atoms with E-state index in [1.54, 1.807) is 12.3 Å². The Morgan fingerprint density at radius 1 is 0.900 bits per heavy atom. The van der Waals surface area contributed by atoms with Gasteiger partial charge in [-0.05, 0) is 62.5 Å². The second-order valence-electron chi connectivity index (χ2n) is 9.91. The summed E-state index contributed by atoms with van der Waals surface area (Å²) in [5.41, 5.74) is 0.817. The summed E-state index contributed by atoms with van der Waals surface area (Å²) in [4.78, 5) is 36.6. The summed E-state index contributed by atoms with van der Waals surface area (Å²) in [5, 5.41) is 0. The molecule has 3 heterocycles. The van der Waals surface area contributed by atoms with Crippen LogP contribution in [0.4, 0.5) is 0 Å². The van der Waals surface area contributed by atoms with Crippen LogP contribution in [0.3, 0.4) is 0 Å². The molecule has 0 aromatic carbocycles. The Bertz CT molecular complexity index is 763. The molecular formula is C24H34N4O2. The standard InChI is InChI=1S/C24H34N4O2/c29-22(27-12-4-11-26(15-16-27)20-5-3-6-20)19-17-24(18-19)8-13-28(14-9-24)23(30)21-7-1-2-10-25-21/h1-2,7,10,19-20H,3-6,8-9,11-18H2. The van der Waals surface area contributed by atoms with Crippen LogP contribution in [-0.2, 0) is 4.79 Å². The first-order chi connectivity index (χ1) is 14.6. The fourth-order valence-electron chi connectivity index (χ4n) is 5.94. The largest absolute Gasteiger partial charge is 0.341 e. The third kappa shape index (κ3) is 3.86. The van der Waals surface area contributed by atoms with Crippen molar-refractivity contribution in [2.45, 2.75) is 57.4 Å². The van der Waals surface area contributed by atoms with E-state index >= 15 is 0 Å². The van der Waals surface area contributed by atoms with Crippen molar-refractivity contribution in [3.63, 3.8) is 0 Å². The predicted octanol–water partition coefficient (Wildman–Crippen LogP) is 2.80. The number of nitrogens with zero attached hydrogens (tertiary/aromatic N) is 4. The van der Waals surface area contributed by atoms with Gasteiger partial charge < -0.3 is 9.80 Å². The first kappa shape index (κ1) is 20.0. The lowest BCUT2D eigenvalue weighted by molar-refractivity contribution is -0.145. The molecule has 5 rings (SSSR count). The highest BCUT2D eigenvalue weighted by atomic mass is 16.2. The zero-order valence-electron chi connectivity index (χ0n) is 18.0. The zero-order chi connectivity index (χ0) is 20.6. The minimum absolute atomic E-state index is 0.0398. The van der Waals surface area contributed by atoms with E-state index in [0.717, 1.165) is 77.4 Å². The predicted molar refractivity (Wildman–Crippen MR) is 115 cm³/mol. The van der Waals surface area contributed by atoms with E-state index in [2.05, 4.69) is 14.8 Å². The zero-order valence-corrected chi connectivity index (χ0v) is 18.0. The fraction of sp³-hybridized carbons (Fsp3) is 0.708. The summed E-state index contributed by atoms with van der Waals surface area (Å²) in [6.45, 7) is 5.62. The van der Waals surface area contributed by atoms with E-state index < -0.39 is 0 Å². The van der Waals surface area contributed by atoms with Crippen LogP contribution in [0.1, 0.15) is 61.9 Å². The van der Waals surface area contributed by atoms with E-state index in [4.69, 9.17) is 0 Å². The third-order valence-electron chi connectivity index (χ3n) is 8.14. The number of rotatable bonds is 3. The number of pyridine rings is 1. The van der Waals surface area contributed by atoms with Crippen molar-refractivity contribution in [3.8, 4) is 0 Å². The third-order valence-corrected chi connectivity index (χ3v) is 8.14. The molecule has 0 N–H and O–H groups in total. The van der Waals surface area contributed by atoms with E-state index in [9.17, 15) is 9.59 Å². The Kier molecular flexibility index (Phi) is 5.52.